The molecule has 6 heteroatoms. The summed E-state index contributed by atoms with van der Waals surface area (Å²) >= 11 is 0. The zero-order chi connectivity index (χ0) is 18.5. The number of hydrogen-bond donors (Lipinski definition) is 2. The molecule has 0 radical (unpaired) electrons. The molecule has 0 bridgehead atoms. The van der Waals surface area contributed by atoms with Crippen molar-refractivity contribution in [2.75, 3.05) is 5.32 Å². The van der Waals surface area contributed by atoms with Gasteiger partial charge in [0.15, 0.2) is 0 Å². The fraction of sp³-hybridized carbons (Fsp3) is 0.250. The van der Waals surface area contributed by atoms with Gasteiger partial charge in [-0.25, -0.2) is 0 Å². The average molecular weight is 350 g/mol. The van der Waals surface area contributed by atoms with Crippen molar-refractivity contribution in [1.82, 2.24) is 15.1 Å². The number of anilines is 1. The molecule has 26 heavy (non-hydrogen) atoms. The van der Waals surface area contributed by atoms with Gasteiger partial charge in [-0.05, 0) is 30.7 Å². The Kier molecular flexibility index (Phi) is 5.31. The Morgan fingerprint density at radius 1 is 1.12 bits per heavy atom. The van der Waals surface area contributed by atoms with Crippen LogP contribution in [0.5, 0.6) is 0 Å². The average Bonchev–Trinajstić information content (AvgIpc) is 2.98. The van der Waals surface area contributed by atoms with Crippen molar-refractivity contribution in [3.05, 3.63) is 59.8 Å². The van der Waals surface area contributed by atoms with E-state index in [2.05, 4.69) is 22.7 Å². The van der Waals surface area contributed by atoms with E-state index >= 15 is 0 Å². The fourth-order valence-electron chi connectivity index (χ4n) is 2.92. The molecule has 0 aliphatic heterocycles. The molecule has 1 heterocycles. The Morgan fingerprint density at radius 3 is 2.69 bits per heavy atom. The zero-order valence-corrected chi connectivity index (χ0v) is 15.0. The highest BCUT2D eigenvalue weighted by atomic mass is 16.2. The van der Waals surface area contributed by atoms with Crippen molar-refractivity contribution in [2.45, 2.75) is 33.4 Å². The molecule has 0 unspecified atom stereocenters. The standard InChI is InChI=1S/C20H22N4O2/c1-3-11-24-19-10-5-4-9-17(19)18(23-24)13-21-20(26)15-7-6-8-16(12-15)22-14(2)25/h4-10,12H,3,11,13H2,1-2H3,(H,21,26)(H,22,25). The second-order valence-corrected chi connectivity index (χ2v) is 6.13. The van der Waals surface area contributed by atoms with Gasteiger partial charge in [0.1, 0.15) is 0 Å². The Morgan fingerprint density at radius 2 is 1.92 bits per heavy atom. The number of benzene rings is 2. The highest BCUT2D eigenvalue weighted by molar-refractivity contribution is 5.97. The predicted molar refractivity (Wildman–Crippen MR) is 102 cm³/mol. The van der Waals surface area contributed by atoms with Crippen LogP contribution in [-0.4, -0.2) is 21.6 Å². The van der Waals surface area contributed by atoms with Gasteiger partial charge in [-0.2, -0.15) is 5.10 Å². The normalized spacial score (nSPS) is 10.7. The van der Waals surface area contributed by atoms with E-state index in [4.69, 9.17) is 0 Å². The summed E-state index contributed by atoms with van der Waals surface area (Å²) in [6, 6.07) is 14.9. The highest BCUT2D eigenvalue weighted by Crippen LogP contribution is 2.19. The van der Waals surface area contributed by atoms with Crippen molar-refractivity contribution in [3.8, 4) is 0 Å². The van der Waals surface area contributed by atoms with E-state index in [0.29, 0.717) is 17.8 Å². The predicted octanol–water partition coefficient (Wildman–Crippen LogP) is 3.33. The quantitative estimate of drug-likeness (QED) is 0.716. The van der Waals surface area contributed by atoms with Crippen LogP contribution in [0, 0.1) is 0 Å². The molecule has 3 rings (SSSR count). The van der Waals surface area contributed by atoms with E-state index in [9.17, 15) is 9.59 Å². The molecular formula is C20H22N4O2. The number of rotatable bonds is 6. The molecule has 0 saturated heterocycles. The van der Waals surface area contributed by atoms with Gasteiger partial charge >= 0.3 is 0 Å². The molecule has 2 N–H and O–H groups in total. The number of aryl methyl sites for hydroxylation is 1. The van der Waals surface area contributed by atoms with E-state index in [1.807, 2.05) is 28.9 Å². The molecule has 134 valence electrons. The number of aromatic nitrogens is 2. The van der Waals surface area contributed by atoms with Crippen LogP contribution >= 0.6 is 0 Å². The largest absolute Gasteiger partial charge is 0.346 e. The van der Waals surface area contributed by atoms with E-state index in [0.717, 1.165) is 29.6 Å². The lowest BCUT2D eigenvalue weighted by atomic mass is 10.1. The molecule has 0 aliphatic carbocycles. The van der Waals surface area contributed by atoms with Gasteiger partial charge in [-0.1, -0.05) is 31.2 Å². The summed E-state index contributed by atoms with van der Waals surface area (Å²) in [6.45, 7) is 4.73. The molecule has 0 spiro atoms. The topological polar surface area (TPSA) is 76.0 Å². The number of nitrogens with one attached hydrogen (secondary N) is 2. The van der Waals surface area contributed by atoms with Crippen LogP contribution in [0.3, 0.4) is 0 Å². The summed E-state index contributed by atoms with van der Waals surface area (Å²) < 4.78 is 1.98. The third kappa shape index (κ3) is 3.91. The first-order chi connectivity index (χ1) is 12.6. The van der Waals surface area contributed by atoms with Crippen molar-refractivity contribution in [2.24, 2.45) is 0 Å². The minimum Gasteiger partial charge on any atom is -0.346 e. The maximum Gasteiger partial charge on any atom is 0.251 e. The maximum absolute atomic E-state index is 12.5. The molecule has 0 fully saturated rings. The lowest BCUT2D eigenvalue weighted by Crippen LogP contribution is -2.23. The van der Waals surface area contributed by atoms with Gasteiger partial charge in [0.05, 0.1) is 17.8 Å². The molecule has 0 aliphatic rings. The van der Waals surface area contributed by atoms with E-state index in [1.165, 1.54) is 6.92 Å². The summed E-state index contributed by atoms with van der Waals surface area (Å²) in [6.07, 6.45) is 0.993. The number of carbonyl (C=O) groups is 2. The minimum absolute atomic E-state index is 0.171. The molecule has 3 aromatic rings. The molecular weight excluding hydrogens is 328 g/mol. The van der Waals surface area contributed by atoms with Crippen LogP contribution in [0.4, 0.5) is 5.69 Å². The first-order valence-electron chi connectivity index (χ1n) is 8.68. The lowest BCUT2D eigenvalue weighted by molar-refractivity contribution is -0.114. The summed E-state index contributed by atoms with van der Waals surface area (Å²) in [5.74, 6) is -0.373. The van der Waals surface area contributed by atoms with Crippen LogP contribution in [0.25, 0.3) is 10.9 Å². The van der Waals surface area contributed by atoms with Crippen molar-refractivity contribution >= 4 is 28.4 Å². The summed E-state index contributed by atoms with van der Waals surface area (Å²) in [7, 11) is 0. The zero-order valence-electron chi connectivity index (χ0n) is 15.0. The summed E-state index contributed by atoms with van der Waals surface area (Å²) in [5, 5.41) is 11.3. The molecule has 2 aromatic carbocycles. The van der Waals surface area contributed by atoms with Crippen molar-refractivity contribution in [1.29, 1.82) is 0 Å². The molecule has 6 nitrogen and oxygen atoms in total. The number of para-hydroxylation sites is 1. The van der Waals surface area contributed by atoms with Gasteiger partial charge < -0.3 is 10.6 Å². The summed E-state index contributed by atoms with van der Waals surface area (Å²) in [4.78, 5) is 23.6. The maximum atomic E-state index is 12.5. The van der Waals surface area contributed by atoms with E-state index in [1.54, 1.807) is 24.3 Å². The van der Waals surface area contributed by atoms with Gasteiger partial charge in [-0.15, -0.1) is 0 Å². The SMILES string of the molecule is CCCn1nc(CNC(=O)c2cccc(NC(C)=O)c2)c2ccccc21. The molecule has 2 amide bonds. The highest BCUT2D eigenvalue weighted by Gasteiger charge is 2.12. The third-order valence-electron chi connectivity index (χ3n) is 4.03. The van der Waals surface area contributed by atoms with Gasteiger partial charge in [0.2, 0.25) is 5.91 Å². The molecule has 1 aromatic heterocycles. The Labute approximate surface area is 152 Å². The second kappa shape index (κ2) is 7.82. The smallest absolute Gasteiger partial charge is 0.251 e. The number of hydrogen-bond acceptors (Lipinski definition) is 3. The lowest BCUT2D eigenvalue weighted by Gasteiger charge is -2.06. The van der Waals surface area contributed by atoms with Crippen LogP contribution in [0.2, 0.25) is 0 Å². The Bertz CT molecular complexity index is 946. The third-order valence-corrected chi connectivity index (χ3v) is 4.03. The minimum atomic E-state index is -0.202. The number of amides is 2. The van der Waals surface area contributed by atoms with Crippen LogP contribution in [0.15, 0.2) is 48.5 Å². The summed E-state index contributed by atoms with van der Waals surface area (Å²) in [5.41, 5.74) is 3.02. The van der Waals surface area contributed by atoms with Gasteiger partial charge in [0, 0.05) is 30.1 Å². The van der Waals surface area contributed by atoms with Crippen molar-refractivity contribution < 1.29 is 9.59 Å². The van der Waals surface area contributed by atoms with Crippen LogP contribution < -0.4 is 10.6 Å². The first-order valence-corrected chi connectivity index (χ1v) is 8.68. The van der Waals surface area contributed by atoms with Gasteiger partial charge in [-0.3, -0.25) is 14.3 Å². The number of fused-ring (bicyclic) bond motifs is 1. The Balaban J connectivity index is 1.76. The van der Waals surface area contributed by atoms with E-state index < -0.39 is 0 Å². The van der Waals surface area contributed by atoms with Crippen LogP contribution in [-0.2, 0) is 17.9 Å². The number of carbonyl (C=O) groups excluding carboxylic acids is 2. The second-order valence-electron chi connectivity index (χ2n) is 6.13. The first kappa shape index (κ1) is 17.7. The van der Waals surface area contributed by atoms with E-state index in [-0.39, 0.29) is 11.8 Å². The number of nitrogens with zero attached hydrogens (tertiary/aromatic N) is 2. The van der Waals surface area contributed by atoms with Crippen molar-refractivity contribution in [3.63, 3.8) is 0 Å². The monoisotopic (exact) mass is 350 g/mol. The molecule has 0 saturated carbocycles. The fourth-order valence-corrected chi connectivity index (χ4v) is 2.92. The van der Waals surface area contributed by atoms with Gasteiger partial charge in [0.25, 0.3) is 5.91 Å². The Hall–Kier alpha value is -3.15. The molecule has 0 atom stereocenters. The van der Waals surface area contributed by atoms with Crippen LogP contribution in [0.1, 0.15) is 36.3 Å².